The molecule has 0 bridgehead atoms. The third kappa shape index (κ3) is 7.78. The minimum absolute atomic E-state index is 0.0120. The first kappa shape index (κ1) is 43.4. The monoisotopic (exact) mass is 762 g/mol. The van der Waals surface area contributed by atoms with E-state index in [2.05, 4.69) is 13.8 Å². The summed E-state index contributed by atoms with van der Waals surface area (Å²) < 4.78 is 33.3. The van der Waals surface area contributed by atoms with E-state index in [0.717, 1.165) is 6.42 Å². The molecule has 5 heterocycles. The normalized spacial score (nSPS) is 45.6. The highest BCUT2D eigenvalue weighted by molar-refractivity contribution is 5.97. The number of ketones is 2. The number of ether oxygens (including phenoxy) is 5. The summed E-state index contributed by atoms with van der Waals surface area (Å²) in [6.45, 7) is 21.5. The summed E-state index contributed by atoms with van der Waals surface area (Å²) in [4.78, 5) is 40.2. The molecular weight excluding hydrogens is 692 g/mol. The molecule has 0 aromatic carbocycles. The van der Waals surface area contributed by atoms with E-state index in [9.17, 15) is 29.7 Å². The Bertz CT molecular complexity index is 1400. The van der Waals surface area contributed by atoms with E-state index in [0.29, 0.717) is 51.4 Å². The van der Waals surface area contributed by atoms with Gasteiger partial charge < -0.3 is 39.0 Å². The van der Waals surface area contributed by atoms with E-state index < -0.39 is 76.8 Å². The molecule has 5 aliphatic heterocycles. The molecule has 5 rings (SSSR count). The van der Waals surface area contributed by atoms with E-state index in [1.807, 2.05) is 55.4 Å². The smallest absolute Gasteiger partial charge is 0.309 e. The zero-order chi connectivity index (χ0) is 40.1. The van der Waals surface area contributed by atoms with Gasteiger partial charge in [-0.3, -0.25) is 14.4 Å². The van der Waals surface area contributed by atoms with Crippen molar-refractivity contribution in [3.8, 4) is 0 Å². The predicted molar refractivity (Wildman–Crippen MR) is 202 cm³/mol. The summed E-state index contributed by atoms with van der Waals surface area (Å²) in [6, 6.07) is 0. The minimum Gasteiger partial charge on any atom is -0.481 e. The lowest BCUT2D eigenvalue weighted by atomic mass is 9.72. The molecule has 0 saturated carbocycles. The van der Waals surface area contributed by atoms with Gasteiger partial charge in [0.15, 0.2) is 5.79 Å². The van der Waals surface area contributed by atoms with Crippen LogP contribution >= 0.6 is 0 Å². The number of aliphatic hydroxyl groups excluding tert-OH is 1. The average molecular weight is 763 g/mol. The van der Waals surface area contributed by atoms with Crippen LogP contribution in [-0.4, -0.2) is 92.3 Å². The fourth-order valence-corrected chi connectivity index (χ4v) is 10.8. The Labute approximate surface area is 323 Å². The summed E-state index contributed by atoms with van der Waals surface area (Å²) >= 11 is 0. The van der Waals surface area contributed by atoms with Gasteiger partial charge in [0.05, 0.1) is 53.7 Å². The van der Waals surface area contributed by atoms with Gasteiger partial charge >= 0.3 is 5.97 Å². The Balaban J connectivity index is 1.32. The van der Waals surface area contributed by atoms with Crippen molar-refractivity contribution in [3.05, 3.63) is 12.2 Å². The molecule has 3 N–H and O–H groups in total. The summed E-state index contributed by atoms with van der Waals surface area (Å²) in [6.07, 6.45) is 5.09. The molecule has 0 amide bonds. The summed E-state index contributed by atoms with van der Waals surface area (Å²) in [7, 11) is 0. The van der Waals surface area contributed by atoms with Gasteiger partial charge in [0.1, 0.15) is 5.78 Å². The van der Waals surface area contributed by atoms with E-state index in [-0.39, 0.29) is 47.4 Å². The molecule has 0 radical (unpaired) electrons. The van der Waals surface area contributed by atoms with Gasteiger partial charge in [0.25, 0.3) is 0 Å². The van der Waals surface area contributed by atoms with Crippen LogP contribution in [0.5, 0.6) is 0 Å². The van der Waals surface area contributed by atoms with Crippen LogP contribution in [0.3, 0.4) is 0 Å². The second-order valence-corrected chi connectivity index (χ2v) is 18.3. The number of hydrogen-bond acceptors (Lipinski definition) is 10. The topological polar surface area (TPSA) is 158 Å². The lowest BCUT2D eigenvalue weighted by Crippen LogP contribution is -2.62. The number of Topliss-reactive ketones (excluding diaryl/α,β-unsaturated/α-hetero) is 1. The number of hydrogen-bond donors (Lipinski definition) is 3. The van der Waals surface area contributed by atoms with Crippen molar-refractivity contribution >= 4 is 17.5 Å². The van der Waals surface area contributed by atoms with Crippen LogP contribution in [-0.2, 0) is 38.1 Å². The van der Waals surface area contributed by atoms with Crippen LogP contribution in [0.2, 0.25) is 0 Å². The Morgan fingerprint density at radius 2 is 1.50 bits per heavy atom. The van der Waals surface area contributed by atoms with Crippen LogP contribution in [0, 0.1) is 47.3 Å². The highest BCUT2D eigenvalue weighted by Crippen LogP contribution is 2.53. The van der Waals surface area contributed by atoms with Crippen LogP contribution in [0.25, 0.3) is 0 Å². The second-order valence-electron chi connectivity index (χ2n) is 18.3. The first-order valence-electron chi connectivity index (χ1n) is 21.0. The molecule has 54 heavy (non-hydrogen) atoms. The first-order valence-corrected chi connectivity index (χ1v) is 21.0. The van der Waals surface area contributed by atoms with Gasteiger partial charge in [-0.1, -0.05) is 62.3 Å². The van der Waals surface area contributed by atoms with Gasteiger partial charge in [-0.25, -0.2) is 0 Å². The number of aliphatic hydroxyl groups is 2. The lowest BCUT2D eigenvalue weighted by Gasteiger charge is -2.53. The molecule has 5 aliphatic rings. The molecule has 4 saturated heterocycles. The van der Waals surface area contributed by atoms with Crippen molar-refractivity contribution in [1.29, 1.82) is 0 Å². The Morgan fingerprint density at radius 3 is 2.09 bits per heavy atom. The van der Waals surface area contributed by atoms with Crippen molar-refractivity contribution in [2.24, 2.45) is 47.3 Å². The third-order valence-corrected chi connectivity index (χ3v) is 14.6. The fourth-order valence-electron chi connectivity index (χ4n) is 10.8. The SMILES string of the molecule is CC[C@H](C(=O)O)[C@@H]1O[C@@H]([C@@H](C)[C@H](O)[C@H](C)C(=O)[C@H](CC)[C@H]2O[C@]3(C=CC(=O)[C@]4(CC[C@@](C)([C@H]5CC[C@](O)(CC)[C@H](C)O5)O4)O3)[C@H](C)C[C@@H]2C)[C@@H](C)C[C@@H]1C. The lowest BCUT2D eigenvalue weighted by molar-refractivity contribution is -0.378. The van der Waals surface area contributed by atoms with E-state index in [1.54, 1.807) is 13.0 Å². The molecule has 11 heteroatoms. The van der Waals surface area contributed by atoms with Gasteiger partial charge in [-0.15, -0.1) is 0 Å². The quantitative estimate of drug-likeness (QED) is 0.196. The zero-order valence-electron chi connectivity index (χ0n) is 34.7. The number of carbonyl (C=O) groups is 3. The minimum atomic E-state index is -1.57. The molecule has 4 fully saturated rings. The molecule has 0 unspecified atom stereocenters. The molecule has 18 atom stereocenters. The third-order valence-electron chi connectivity index (χ3n) is 14.6. The van der Waals surface area contributed by atoms with Crippen molar-refractivity contribution in [2.45, 2.75) is 193 Å². The summed E-state index contributed by atoms with van der Waals surface area (Å²) in [5.41, 5.74) is -1.71. The highest BCUT2D eigenvalue weighted by atomic mass is 16.8. The molecule has 308 valence electrons. The van der Waals surface area contributed by atoms with Crippen LogP contribution in [0.4, 0.5) is 0 Å². The Hall–Kier alpha value is -1.73. The van der Waals surface area contributed by atoms with Gasteiger partial charge in [0.2, 0.25) is 11.6 Å². The average Bonchev–Trinajstić information content (AvgIpc) is 3.47. The van der Waals surface area contributed by atoms with E-state index in [4.69, 9.17) is 23.7 Å². The van der Waals surface area contributed by atoms with Crippen molar-refractivity contribution in [2.75, 3.05) is 0 Å². The molecule has 0 aliphatic carbocycles. The van der Waals surface area contributed by atoms with Crippen LogP contribution in [0.1, 0.15) is 134 Å². The number of rotatable bonds is 12. The van der Waals surface area contributed by atoms with Crippen molar-refractivity contribution in [3.63, 3.8) is 0 Å². The molecule has 2 spiro atoms. The van der Waals surface area contributed by atoms with E-state index in [1.165, 1.54) is 6.08 Å². The van der Waals surface area contributed by atoms with Crippen LogP contribution in [0.15, 0.2) is 12.2 Å². The fraction of sp³-hybridized carbons (Fsp3) is 0.884. The first-order chi connectivity index (χ1) is 25.2. The maximum Gasteiger partial charge on any atom is 0.309 e. The second kappa shape index (κ2) is 16.3. The van der Waals surface area contributed by atoms with Gasteiger partial charge in [-0.2, -0.15) is 0 Å². The molecule has 0 aromatic rings. The largest absolute Gasteiger partial charge is 0.481 e. The maximum absolute atomic E-state index is 14.5. The van der Waals surface area contributed by atoms with Crippen molar-refractivity contribution < 1.29 is 53.4 Å². The molecule has 11 nitrogen and oxygen atoms in total. The van der Waals surface area contributed by atoms with Gasteiger partial charge in [0, 0.05) is 30.1 Å². The zero-order valence-corrected chi connectivity index (χ0v) is 34.7. The summed E-state index contributed by atoms with van der Waals surface area (Å²) in [5.74, 6) is -6.49. The Morgan fingerprint density at radius 1 is 0.870 bits per heavy atom. The van der Waals surface area contributed by atoms with Crippen molar-refractivity contribution in [1.82, 2.24) is 0 Å². The predicted octanol–water partition coefficient (Wildman–Crippen LogP) is 6.64. The Kier molecular flexibility index (Phi) is 13.1. The number of carbonyl (C=O) groups excluding carboxylic acids is 2. The standard InChI is InChI=1S/C43H70O11/c1-12-30(35(46)27(8)34(45)28(9)36-23(4)21-24(5)37(51-36)31(13-2)39(47)48)38-25(6)22-26(7)42(52-38)18-15-32(44)43(54-42)20-19-40(11,53-43)33-16-17-41(49,14-3)29(10)50-33/h15,18,23-31,33-34,36-38,45,49H,12-14,16-17,19-22H2,1-11H3,(H,47,48)/t23-,24-,25-,26+,27-,28-,29-,30-,31-,33+,34+,36+,37+,38-,40-,41+,42-,43-/m0/s1. The maximum atomic E-state index is 14.5. The summed E-state index contributed by atoms with van der Waals surface area (Å²) in [5, 5.41) is 32.7. The number of carboxylic acid groups (broad SMARTS) is 1. The van der Waals surface area contributed by atoms with Gasteiger partial charge in [-0.05, 0) is 95.1 Å². The van der Waals surface area contributed by atoms with E-state index >= 15 is 0 Å². The number of aliphatic carboxylic acids is 1. The molecule has 0 aromatic heterocycles. The molecular formula is C43H70O11. The van der Waals surface area contributed by atoms with Crippen LogP contribution < -0.4 is 0 Å². The highest BCUT2D eigenvalue weighted by Gasteiger charge is 2.63. The number of carboxylic acids is 1.